The van der Waals surface area contributed by atoms with Gasteiger partial charge in [-0.1, -0.05) is 59.8 Å². The fourth-order valence-corrected chi connectivity index (χ4v) is 6.97. The number of halogens is 1. The first kappa shape index (κ1) is 29.0. The third-order valence-electron chi connectivity index (χ3n) is 7.16. The minimum Gasteiger partial charge on any atom is -0.495 e. The number of para-hydroxylation sites is 4. The van der Waals surface area contributed by atoms with Crippen LogP contribution in [-0.2, 0) is 5.75 Å². The van der Waals surface area contributed by atoms with Crippen molar-refractivity contribution in [2.24, 2.45) is 0 Å². The van der Waals surface area contributed by atoms with E-state index in [1.165, 1.54) is 23.1 Å². The van der Waals surface area contributed by atoms with Crippen LogP contribution >= 0.6 is 34.7 Å². The van der Waals surface area contributed by atoms with Crippen molar-refractivity contribution in [1.82, 2.24) is 24.6 Å². The Kier molecular flexibility index (Phi) is 8.82. The van der Waals surface area contributed by atoms with Gasteiger partial charge in [-0.3, -0.25) is 9.36 Å². The van der Waals surface area contributed by atoms with Gasteiger partial charge in [-0.15, -0.1) is 21.5 Å². The number of methoxy groups -OCH3 is 2. The number of piperazine rings is 1. The Bertz CT molecular complexity index is 1730. The van der Waals surface area contributed by atoms with Gasteiger partial charge in [0.1, 0.15) is 22.2 Å². The number of aromatic nitrogens is 4. The second-order valence-corrected chi connectivity index (χ2v) is 12.0. The monoisotopic (exact) mass is 632 g/mol. The molecule has 220 valence electrons. The minimum absolute atomic E-state index is 0.0506. The van der Waals surface area contributed by atoms with Crippen molar-refractivity contribution >= 4 is 46.3 Å². The summed E-state index contributed by atoms with van der Waals surface area (Å²) in [4.78, 5) is 22.1. The highest BCUT2D eigenvalue weighted by Crippen LogP contribution is 2.36. The number of thiazole rings is 1. The summed E-state index contributed by atoms with van der Waals surface area (Å²) >= 11 is 9.51. The molecule has 0 unspecified atom stereocenters. The molecule has 0 bridgehead atoms. The molecule has 3 aromatic carbocycles. The van der Waals surface area contributed by atoms with Gasteiger partial charge in [0, 0.05) is 37.1 Å². The lowest BCUT2D eigenvalue weighted by Crippen LogP contribution is -2.49. The van der Waals surface area contributed by atoms with Crippen molar-refractivity contribution in [3.05, 3.63) is 93.9 Å². The second kappa shape index (κ2) is 13.1. The lowest BCUT2D eigenvalue weighted by molar-refractivity contribution is 0.0741. The van der Waals surface area contributed by atoms with Crippen LogP contribution in [0.25, 0.3) is 17.1 Å². The Balaban J connectivity index is 1.17. The number of rotatable bonds is 9. The molecule has 3 heterocycles. The van der Waals surface area contributed by atoms with Crippen LogP contribution in [0, 0.1) is 0 Å². The lowest BCUT2D eigenvalue weighted by Gasteiger charge is -2.36. The Morgan fingerprint density at radius 1 is 0.884 bits per heavy atom. The number of hydrogen-bond acceptors (Lipinski definition) is 9. The number of carbonyl (C=O) groups is 1. The van der Waals surface area contributed by atoms with Crippen molar-refractivity contribution < 1.29 is 14.3 Å². The van der Waals surface area contributed by atoms with Gasteiger partial charge in [-0.25, -0.2) is 4.98 Å². The first-order valence-electron chi connectivity index (χ1n) is 13.7. The zero-order chi connectivity index (χ0) is 29.8. The first-order valence-corrected chi connectivity index (χ1v) is 15.9. The minimum atomic E-state index is -0.0506. The maximum atomic E-state index is 13.3. The molecule has 0 saturated carbocycles. The molecule has 0 atom stereocenters. The maximum absolute atomic E-state index is 13.3. The van der Waals surface area contributed by atoms with Crippen molar-refractivity contribution in [3.8, 4) is 28.6 Å². The van der Waals surface area contributed by atoms with Gasteiger partial charge < -0.3 is 19.3 Å². The number of amides is 1. The molecule has 0 aliphatic carbocycles. The number of nitrogens with zero attached hydrogens (tertiary/aromatic N) is 6. The van der Waals surface area contributed by atoms with Crippen molar-refractivity contribution in [2.45, 2.75) is 10.9 Å². The van der Waals surface area contributed by atoms with Gasteiger partial charge in [-0.2, -0.15) is 0 Å². The highest BCUT2D eigenvalue weighted by Gasteiger charge is 2.26. The van der Waals surface area contributed by atoms with Gasteiger partial charge >= 0.3 is 0 Å². The Morgan fingerprint density at radius 3 is 2.26 bits per heavy atom. The molecule has 43 heavy (non-hydrogen) atoms. The van der Waals surface area contributed by atoms with Crippen LogP contribution in [-0.4, -0.2) is 71.0 Å². The number of anilines is 1. The average Bonchev–Trinajstić information content (AvgIpc) is 3.71. The van der Waals surface area contributed by atoms with Gasteiger partial charge in [0.15, 0.2) is 11.0 Å². The zero-order valence-corrected chi connectivity index (χ0v) is 26.0. The standard InChI is InChI=1S/C31H29ClN6O3S2/c1-40-26-13-7-5-11-24(26)36-15-17-37(18-16-36)30(39)23-19-42-28(33-23)20-43-31-35-34-29(21-9-3-4-10-22(21)32)38(31)25-12-6-8-14-27(25)41-2/h3-14,19H,15-18,20H2,1-2H3. The number of thioether (sulfide) groups is 1. The predicted molar refractivity (Wildman–Crippen MR) is 171 cm³/mol. The molecule has 1 aliphatic heterocycles. The van der Waals surface area contributed by atoms with Crippen LogP contribution < -0.4 is 14.4 Å². The molecular weight excluding hydrogens is 604 g/mol. The Hall–Kier alpha value is -4.06. The van der Waals surface area contributed by atoms with E-state index in [9.17, 15) is 4.79 Å². The molecule has 12 heteroatoms. The smallest absolute Gasteiger partial charge is 0.273 e. The van der Waals surface area contributed by atoms with Crippen molar-refractivity contribution in [1.29, 1.82) is 0 Å². The third kappa shape index (κ3) is 6.06. The molecule has 1 fully saturated rings. The molecule has 0 radical (unpaired) electrons. The number of carbonyl (C=O) groups excluding carboxylic acids is 1. The van der Waals surface area contributed by atoms with Gasteiger partial charge in [0.05, 0.1) is 36.4 Å². The predicted octanol–water partition coefficient (Wildman–Crippen LogP) is 6.32. The van der Waals surface area contributed by atoms with Crippen LogP contribution in [0.1, 0.15) is 15.5 Å². The molecule has 5 aromatic rings. The summed E-state index contributed by atoms with van der Waals surface area (Å²) < 4.78 is 13.1. The normalized spacial score (nSPS) is 13.3. The van der Waals surface area contributed by atoms with Crippen molar-refractivity contribution in [3.63, 3.8) is 0 Å². The largest absolute Gasteiger partial charge is 0.495 e. The van der Waals surface area contributed by atoms with Gasteiger partial charge in [-0.05, 0) is 36.4 Å². The molecule has 0 spiro atoms. The summed E-state index contributed by atoms with van der Waals surface area (Å²) in [6.07, 6.45) is 0. The van der Waals surface area contributed by atoms with E-state index in [1.807, 2.05) is 87.6 Å². The zero-order valence-electron chi connectivity index (χ0n) is 23.6. The van der Waals surface area contributed by atoms with Crippen LogP contribution in [0.15, 0.2) is 83.3 Å². The summed E-state index contributed by atoms with van der Waals surface area (Å²) in [6.45, 7) is 2.69. The van der Waals surface area contributed by atoms with E-state index >= 15 is 0 Å². The molecule has 1 saturated heterocycles. The molecule has 2 aromatic heterocycles. The number of ether oxygens (including phenoxy) is 2. The molecule has 6 rings (SSSR count). The van der Waals surface area contributed by atoms with E-state index in [-0.39, 0.29) is 5.91 Å². The molecule has 0 N–H and O–H groups in total. The van der Waals surface area contributed by atoms with E-state index in [4.69, 9.17) is 21.1 Å². The highest BCUT2D eigenvalue weighted by atomic mass is 35.5. The summed E-state index contributed by atoms with van der Waals surface area (Å²) in [7, 11) is 3.31. The Labute approximate surface area is 263 Å². The third-order valence-corrected chi connectivity index (χ3v) is 9.46. The van der Waals surface area contributed by atoms with Crippen molar-refractivity contribution in [2.75, 3.05) is 45.3 Å². The summed E-state index contributed by atoms with van der Waals surface area (Å²) in [6, 6.07) is 23.2. The van der Waals surface area contributed by atoms with E-state index in [0.29, 0.717) is 46.3 Å². The quantitative estimate of drug-likeness (QED) is 0.175. The van der Waals surface area contributed by atoms with Gasteiger partial charge in [0.2, 0.25) is 0 Å². The van der Waals surface area contributed by atoms with Crippen LogP contribution in [0.5, 0.6) is 11.5 Å². The summed E-state index contributed by atoms with van der Waals surface area (Å²) in [5.74, 6) is 2.61. The van der Waals surface area contributed by atoms with Crippen LogP contribution in [0.3, 0.4) is 0 Å². The second-order valence-electron chi connectivity index (χ2n) is 9.66. The van der Waals surface area contributed by atoms with E-state index in [0.717, 1.165) is 40.8 Å². The topological polar surface area (TPSA) is 85.6 Å². The molecule has 1 amide bonds. The highest BCUT2D eigenvalue weighted by molar-refractivity contribution is 7.98. The van der Waals surface area contributed by atoms with Crippen LogP contribution in [0.2, 0.25) is 5.02 Å². The lowest BCUT2D eigenvalue weighted by atomic mass is 10.2. The molecular formula is C31H29ClN6O3S2. The fraction of sp³-hybridized carbons (Fsp3) is 0.226. The summed E-state index contributed by atoms with van der Waals surface area (Å²) in [5.41, 5.74) is 3.08. The van der Waals surface area contributed by atoms with E-state index in [1.54, 1.807) is 14.2 Å². The van der Waals surface area contributed by atoms with Crippen LogP contribution in [0.4, 0.5) is 5.69 Å². The van der Waals surface area contributed by atoms with E-state index < -0.39 is 0 Å². The maximum Gasteiger partial charge on any atom is 0.273 e. The average molecular weight is 633 g/mol. The van der Waals surface area contributed by atoms with E-state index in [2.05, 4.69) is 20.1 Å². The molecule has 9 nitrogen and oxygen atoms in total. The SMILES string of the molecule is COc1ccccc1N1CCN(C(=O)c2csc(CSc3nnc(-c4ccccc4Cl)n3-c3ccccc3OC)n2)CC1. The summed E-state index contributed by atoms with van der Waals surface area (Å²) in [5, 5.41) is 12.9. The molecule has 1 aliphatic rings. The first-order chi connectivity index (χ1) is 21.1. The Morgan fingerprint density at radius 2 is 1.53 bits per heavy atom. The number of benzene rings is 3. The van der Waals surface area contributed by atoms with Gasteiger partial charge in [0.25, 0.3) is 5.91 Å². The number of hydrogen-bond donors (Lipinski definition) is 0. The fourth-order valence-electron chi connectivity index (χ4n) is 5.02.